The predicted octanol–water partition coefficient (Wildman–Crippen LogP) is 5.85. The van der Waals surface area contributed by atoms with Gasteiger partial charge in [0.15, 0.2) is 10.9 Å². The average molecular weight is 445 g/mol. The fraction of sp³-hybridized carbons (Fsp3) is 0.167. The molecule has 32 heavy (non-hydrogen) atoms. The Hall–Kier alpha value is -3.78. The molecule has 0 bridgehead atoms. The van der Waals surface area contributed by atoms with Crippen LogP contribution in [0.3, 0.4) is 0 Å². The van der Waals surface area contributed by atoms with Crippen LogP contribution in [-0.2, 0) is 11.2 Å². The Morgan fingerprint density at radius 2 is 1.84 bits per heavy atom. The lowest BCUT2D eigenvalue weighted by Gasteiger charge is -2.21. The zero-order valence-electron chi connectivity index (χ0n) is 17.6. The Kier molecular flexibility index (Phi) is 5.28. The Labute approximate surface area is 188 Å². The lowest BCUT2D eigenvalue weighted by Crippen LogP contribution is -2.26. The summed E-state index contributed by atoms with van der Waals surface area (Å²) in [7, 11) is 0. The van der Waals surface area contributed by atoms with Crippen LogP contribution in [0.1, 0.15) is 23.4 Å². The van der Waals surface area contributed by atoms with Gasteiger partial charge >= 0.3 is 0 Å². The molecule has 5 aromatic rings. The van der Waals surface area contributed by atoms with Gasteiger partial charge in [0.25, 0.3) is 0 Å². The van der Waals surface area contributed by atoms with E-state index in [9.17, 15) is 4.79 Å². The molecule has 3 heterocycles. The minimum absolute atomic E-state index is 0.0909. The molecule has 0 fully saturated rings. The summed E-state index contributed by atoms with van der Waals surface area (Å²) in [6.45, 7) is 4.04. The van der Waals surface area contributed by atoms with Crippen molar-refractivity contribution in [2.75, 3.05) is 4.90 Å². The quantitative estimate of drug-likeness (QED) is 0.326. The number of amides is 1. The number of fused-ring (bicyclic) bond motifs is 1. The Morgan fingerprint density at radius 1 is 1.03 bits per heavy atom. The summed E-state index contributed by atoms with van der Waals surface area (Å²) in [4.78, 5) is 24.2. The van der Waals surface area contributed by atoms with Gasteiger partial charge in [-0.3, -0.25) is 9.69 Å². The maximum Gasteiger partial charge on any atom is 0.238 e. The van der Waals surface area contributed by atoms with E-state index in [0.717, 1.165) is 27.0 Å². The summed E-state index contributed by atoms with van der Waals surface area (Å²) >= 11 is 1.49. The molecule has 0 saturated carbocycles. The first-order valence-electron chi connectivity index (χ1n) is 10.2. The Bertz CT molecular complexity index is 1330. The molecular weight excluding hydrogens is 424 g/mol. The third kappa shape index (κ3) is 4.04. The standard InChI is InChI=1S/C24H20N4O3S/c1-15-12-16(2)14-17(13-15)28(24-25-18-6-3-4-8-20(18)32-24)22(29)10-9-21-26-23(27-31-21)19-7-5-11-30-19/h3-8,11-14H,9-10H2,1-2H3. The van der Waals surface area contributed by atoms with E-state index in [2.05, 4.69) is 16.2 Å². The van der Waals surface area contributed by atoms with Gasteiger partial charge in [0.05, 0.1) is 22.2 Å². The van der Waals surface area contributed by atoms with Crippen LogP contribution in [-0.4, -0.2) is 21.0 Å². The van der Waals surface area contributed by atoms with Gasteiger partial charge in [-0.1, -0.05) is 34.7 Å². The monoisotopic (exact) mass is 444 g/mol. The highest BCUT2D eigenvalue weighted by atomic mass is 32.1. The highest BCUT2D eigenvalue weighted by Crippen LogP contribution is 2.35. The van der Waals surface area contributed by atoms with E-state index < -0.39 is 0 Å². The number of aryl methyl sites for hydroxylation is 3. The average Bonchev–Trinajstić information content (AvgIpc) is 3.51. The van der Waals surface area contributed by atoms with Gasteiger partial charge in [0.2, 0.25) is 17.6 Å². The Morgan fingerprint density at radius 3 is 2.59 bits per heavy atom. The van der Waals surface area contributed by atoms with Crippen LogP contribution in [0.4, 0.5) is 10.8 Å². The molecule has 0 aliphatic heterocycles. The van der Waals surface area contributed by atoms with Crippen LogP contribution < -0.4 is 4.90 Å². The number of carbonyl (C=O) groups is 1. The van der Waals surface area contributed by atoms with Crippen molar-refractivity contribution in [1.29, 1.82) is 0 Å². The van der Waals surface area contributed by atoms with Crippen LogP contribution in [0.15, 0.2) is 69.8 Å². The van der Waals surface area contributed by atoms with Gasteiger partial charge in [-0.15, -0.1) is 0 Å². The van der Waals surface area contributed by atoms with Crippen LogP contribution in [0.5, 0.6) is 0 Å². The van der Waals surface area contributed by atoms with E-state index in [1.165, 1.54) is 11.3 Å². The summed E-state index contributed by atoms with van der Waals surface area (Å²) in [6.07, 6.45) is 2.07. The van der Waals surface area contributed by atoms with Gasteiger partial charge in [-0.2, -0.15) is 4.98 Å². The number of rotatable bonds is 6. The van der Waals surface area contributed by atoms with Gasteiger partial charge in [-0.25, -0.2) is 4.98 Å². The van der Waals surface area contributed by atoms with Gasteiger partial charge in [-0.05, 0) is 61.4 Å². The molecule has 0 atom stereocenters. The van der Waals surface area contributed by atoms with E-state index in [1.54, 1.807) is 23.3 Å². The molecule has 0 N–H and O–H groups in total. The van der Waals surface area contributed by atoms with Crippen LogP contribution in [0.25, 0.3) is 21.8 Å². The lowest BCUT2D eigenvalue weighted by atomic mass is 10.1. The summed E-state index contributed by atoms with van der Waals surface area (Å²) in [5, 5.41) is 4.58. The third-order valence-electron chi connectivity index (χ3n) is 4.95. The molecule has 8 heteroatoms. The molecule has 2 aromatic carbocycles. The minimum atomic E-state index is -0.0909. The van der Waals surface area contributed by atoms with Gasteiger partial charge in [0.1, 0.15) is 0 Å². The highest BCUT2D eigenvalue weighted by molar-refractivity contribution is 7.22. The van der Waals surface area contributed by atoms with E-state index >= 15 is 0 Å². The van der Waals surface area contributed by atoms with Crippen molar-refractivity contribution in [2.24, 2.45) is 0 Å². The fourth-order valence-corrected chi connectivity index (χ4v) is 4.59. The second kappa shape index (κ2) is 8.39. The second-order valence-corrected chi connectivity index (χ2v) is 8.54. The second-order valence-electron chi connectivity index (χ2n) is 7.53. The molecule has 7 nitrogen and oxygen atoms in total. The van der Waals surface area contributed by atoms with Crippen LogP contribution in [0.2, 0.25) is 0 Å². The van der Waals surface area contributed by atoms with Crippen molar-refractivity contribution >= 4 is 38.3 Å². The zero-order chi connectivity index (χ0) is 22.1. The normalized spacial score (nSPS) is 11.2. The number of aromatic nitrogens is 3. The maximum absolute atomic E-state index is 13.4. The van der Waals surface area contributed by atoms with Crippen molar-refractivity contribution in [3.8, 4) is 11.6 Å². The first-order chi connectivity index (χ1) is 15.6. The summed E-state index contributed by atoms with van der Waals surface area (Å²) < 4.78 is 11.6. The third-order valence-corrected chi connectivity index (χ3v) is 5.97. The number of hydrogen-bond donors (Lipinski definition) is 0. The van der Waals surface area contributed by atoms with Crippen molar-refractivity contribution in [3.05, 3.63) is 77.9 Å². The van der Waals surface area contributed by atoms with E-state index in [4.69, 9.17) is 13.9 Å². The number of anilines is 2. The SMILES string of the molecule is Cc1cc(C)cc(N(C(=O)CCc2nc(-c3ccco3)no2)c2nc3ccccc3s2)c1. The number of hydrogen-bond acceptors (Lipinski definition) is 7. The highest BCUT2D eigenvalue weighted by Gasteiger charge is 2.23. The fourth-order valence-electron chi connectivity index (χ4n) is 3.58. The van der Waals surface area contributed by atoms with E-state index in [1.807, 2.05) is 50.2 Å². The number of nitrogens with zero attached hydrogens (tertiary/aromatic N) is 4. The molecule has 0 aliphatic rings. The van der Waals surface area contributed by atoms with Crippen molar-refractivity contribution in [3.63, 3.8) is 0 Å². The first-order valence-corrected chi connectivity index (χ1v) is 11.0. The largest absolute Gasteiger partial charge is 0.461 e. The molecule has 1 amide bonds. The molecular formula is C24H20N4O3S. The molecule has 3 aromatic heterocycles. The molecule has 0 radical (unpaired) electrons. The molecule has 160 valence electrons. The maximum atomic E-state index is 13.4. The number of benzene rings is 2. The number of carbonyl (C=O) groups excluding carboxylic acids is 1. The topological polar surface area (TPSA) is 85.3 Å². The smallest absolute Gasteiger partial charge is 0.238 e. The van der Waals surface area contributed by atoms with Crippen molar-refractivity contribution in [2.45, 2.75) is 26.7 Å². The zero-order valence-corrected chi connectivity index (χ0v) is 18.4. The molecule has 5 rings (SSSR count). The number of thiazole rings is 1. The summed E-state index contributed by atoms with van der Waals surface area (Å²) in [6, 6.07) is 17.5. The molecule has 0 unspecified atom stereocenters. The van der Waals surface area contributed by atoms with Crippen molar-refractivity contribution in [1.82, 2.24) is 15.1 Å². The predicted molar refractivity (Wildman–Crippen MR) is 123 cm³/mol. The molecule has 0 aliphatic carbocycles. The van der Waals surface area contributed by atoms with Crippen LogP contribution >= 0.6 is 11.3 Å². The number of para-hydroxylation sites is 1. The minimum Gasteiger partial charge on any atom is -0.461 e. The molecule has 0 saturated heterocycles. The summed E-state index contributed by atoms with van der Waals surface area (Å²) in [5.74, 6) is 1.19. The van der Waals surface area contributed by atoms with Crippen LogP contribution in [0, 0.1) is 13.8 Å². The first kappa shape index (κ1) is 20.1. The lowest BCUT2D eigenvalue weighted by molar-refractivity contribution is -0.117. The van der Waals surface area contributed by atoms with E-state index in [-0.39, 0.29) is 12.3 Å². The Balaban J connectivity index is 1.44. The summed E-state index contributed by atoms with van der Waals surface area (Å²) in [5.41, 5.74) is 3.83. The molecule has 0 spiro atoms. The van der Waals surface area contributed by atoms with Crippen molar-refractivity contribution < 1.29 is 13.7 Å². The van der Waals surface area contributed by atoms with Gasteiger partial charge in [0, 0.05) is 12.8 Å². The van der Waals surface area contributed by atoms with E-state index in [0.29, 0.717) is 29.0 Å². The van der Waals surface area contributed by atoms with Gasteiger partial charge < -0.3 is 8.94 Å². The number of furan rings is 1.